The molecular formula is C13H16N4. The first kappa shape index (κ1) is 11.5. The van der Waals surface area contributed by atoms with Gasteiger partial charge < -0.3 is 5.32 Å². The van der Waals surface area contributed by atoms with Crippen LogP contribution in [0.3, 0.4) is 0 Å². The SMILES string of the molecule is C=CC(C)NCc1cnn(-c2ccccc2)n1. The summed E-state index contributed by atoms with van der Waals surface area (Å²) >= 11 is 0. The van der Waals surface area contributed by atoms with Crippen molar-refractivity contribution in [1.82, 2.24) is 20.3 Å². The van der Waals surface area contributed by atoms with Crippen LogP contribution in [0.5, 0.6) is 0 Å². The van der Waals surface area contributed by atoms with Crippen molar-refractivity contribution in [3.63, 3.8) is 0 Å². The molecule has 4 nitrogen and oxygen atoms in total. The molecule has 1 aromatic carbocycles. The van der Waals surface area contributed by atoms with Crippen LogP contribution in [0.2, 0.25) is 0 Å². The van der Waals surface area contributed by atoms with Crippen molar-refractivity contribution in [1.29, 1.82) is 0 Å². The summed E-state index contributed by atoms with van der Waals surface area (Å²) in [5.74, 6) is 0. The lowest BCUT2D eigenvalue weighted by Gasteiger charge is -2.05. The van der Waals surface area contributed by atoms with Crippen molar-refractivity contribution < 1.29 is 0 Å². The van der Waals surface area contributed by atoms with Crippen molar-refractivity contribution in [2.75, 3.05) is 0 Å². The maximum absolute atomic E-state index is 4.40. The van der Waals surface area contributed by atoms with Crippen LogP contribution in [-0.4, -0.2) is 21.0 Å². The van der Waals surface area contributed by atoms with Crippen LogP contribution in [0.4, 0.5) is 0 Å². The highest BCUT2D eigenvalue weighted by Crippen LogP contribution is 2.04. The van der Waals surface area contributed by atoms with Crippen molar-refractivity contribution in [2.24, 2.45) is 0 Å². The molecule has 0 bridgehead atoms. The van der Waals surface area contributed by atoms with E-state index in [1.165, 1.54) is 0 Å². The molecule has 1 atom stereocenters. The Labute approximate surface area is 101 Å². The summed E-state index contributed by atoms with van der Waals surface area (Å²) in [5.41, 5.74) is 1.89. The average molecular weight is 228 g/mol. The van der Waals surface area contributed by atoms with Gasteiger partial charge in [0.15, 0.2) is 0 Å². The van der Waals surface area contributed by atoms with E-state index in [-0.39, 0.29) is 6.04 Å². The zero-order chi connectivity index (χ0) is 12.1. The van der Waals surface area contributed by atoms with Gasteiger partial charge in [-0.2, -0.15) is 15.0 Å². The third-order valence-electron chi connectivity index (χ3n) is 2.49. The largest absolute Gasteiger partial charge is 0.305 e. The fourth-order valence-electron chi connectivity index (χ4n) is 1.41. The second-order valence-corrected chi connectivity index (χ2v) is 3.87. The molecule has 1 heterocycles. The van der Waals surface area contributed by atoms with Gasteiger partial charge >= 0.3 is 0 Å². The third-order valence-corrected chi connectivity index (χ3v) is 2.49. The van der Waals surface area contributed by atoms with Crippen LogP contribution in [0, 0.1) is 0 Å². The highest BCUT2D eigenvalue weighted by atomic mass is 15.5. The zero-order valence-corrected chi connectivity index (χ0v) is 9.87. The van der Waals surface area contributed by atoms with E-state index >= 15 is 0 Å². The minimum absolute atomic E-state index is 0.275. The van der Waals surface area contributed by atoms with E-state index in [1.54, 1.807) is 11.0 Å². The second-order valence-electron chi connectivity index (χ2n) is 3.87. The number of hydrogen-bond acceptors (Lipinski definition) is 3. The molecule has 1 N–H and O–H groups in total. The molecule has 0 saturated carbocycles. The molecule has 1 aromatic heterocycles. The molecule has 88 valence electrons. The quantitative estimate of drug-likeness (QED) is 0.795. The van der Waals surface area contributed by atoms with Crippen LogP contribution in [-0.2, 0) is 6.54 Å². The zero-order valence-electron chi connectivity index (χ0n) is 9.87. The predicted molar refractivity (Wildman–Crippen MR) is 67.9 cm³/mol. The summed E-state index contributed by atoms with van der Waals surface area (Å²) in [6, 6.07) is 10.1. The van der Waals surface area contributed by atoms with Gasteiger partial charge in [0, 0.05) is 12.6 Å². The molecule has 2 rings (SSSR count). The minimum Gasteiger partial charge on any atom is -0.305 e. The van der Waals surface area contributed by atoms with E-state index in [1.807, 2.05) is 36.4 Å². The molecule has 0 fully saturated rings. The van der Waals surface area contributed by atoms with Gasteiger partial charge in [-0.25, -0.2) is 0 Å². The molecule has 17 heavy (non-hydrogen) atoms. The van der Waals surface area contributed by atoms with Gasteiger partial charge in [-0.05, 0) is 19.1 Å². The number of rotatable bonds is 5. The number of nitrogens with one attached hydrogen (secondary N) is 1. The highest BCUT2D eigenvalue weighted by Gasteiger charge is 2.03. The minimum atomic E-state index is 0.275. The molecule has 0 aliphatic rings. The molecule has 0 aliphatic heterocycles. The standard InChI is InChI=1S/C13H16N4/c1-3-11(2)14-9-12-10-15-17(16-12)13-7-5-4-6-8-13/h3-8,10-11,14H,1,9H2,2H3. The number of aromatic nitrogens is 3. The smallest absolute Gasteiger partial charge is 0.0969 e. The topological polar surface area (TPSA) is 42.7 Å². The Morgan fingerprint density at radius 2 is 2.18 bits per heavy atom. The Balaban J connectivity index is 2.04. The van der Waals surface area contributed by atoms with E-state index in [0.717, 1.165) is 11.4 Å². The lowest BCUT2D eigenvalue weighted by atomic mass is 10.3. The summed E-state index contributed by atoms with van der Waals surface area (Å²) in [5, 5.41) is 11.9. The van der Waals surface area contributed by atoms with Gasteiger partial charge in [0.1, 0.15) is 0 Å². The van der Waals surface area contributed by atoms with Crippen molar-refractivity contribution in [3.05, 3.63) is 54.9 Å². The van der Waals surface area contributed by atoms with E-state index in [9.17, 15) is 0 Å². The molecule has 0 aliphatic carbocycles. The van der Waals surface area contributed by atoms with Crippen LogP contribution in [0.25, 0.3) is 5.69 Å². The highest BCUT2D eigenvalue weighted by molar-refractivity contribution is 5.28. The second kappa shape index (κ2) is 5.41. The lowest BCUT2D eigenvalue weighted by molar-refractivity contribution is 0.617. The summed E-state index contributed by atoms with van der Waals surface area (Å²) in [4.78, 5) is 1.63. The van der Waals surface area contributed by atoms with Crippen molar-refractivity contribution >= 4 is 0 Å². The van der Waals surface area contributed by atoms with E-state index in [2.05, 4.69) is 29.0 Å². The van der Waals surface area contributed by atoms with Gasteiger partial charge in [-0.15, -0.1) is 6.58 Å². The Morgan fingerprint density at radius 3 is 2.88 bits per heavy atom. The Kier molecular flexibility index (Phi) is 3.67. The van der Waals surface area contributed by atoms with Crippen molar-refractivity contribution in [2.45, 2.75) is 19.5 Å². The van der Waals surface area contributed by atoms with Crippen LogP contribution >= 0.6 is 0 Å². The molecule has 0 amide bonds. The van der Waals surface area contributed by atoms with Crippen LogP contribution in [0.1, 0.15) is 12.6 Å². The lowest BCUT2D eigenvalue weighted by Crippen LogP contribution is -2.23. The fraction of sp³-hybridized carbons (Fsp3) is 0.231. The Hall–Kier alpha value is -1.94. The van der Waals surface area contributed by atoms with E-state index in [4.69, 9.17) is 0 Å². The van der Waals surface area contributed by atoms with Gasteiger partial charge in [0.25, 0.3) is 0 Å². The first-order valence-corrected chi connectivity index (χ1v) is 5.62. The van der Waals surface area contributed by atoms with Crippen LogP contribution in [0.15, 0.2) is 49.2 Å². The third kappa shape index (κ3) is 3.01. The maximum Gasteiger partial charge on any atom is 0.0969 e. The number of benzene rings is 1. The van der Waals surface area contributed by atoms with E-state index in [0.29, 0.717) is 6.54 Å². The first-order valence-electron chi connectivity index (χ1n) is 5.62. The molecule has 0 saturated heterocycles. The Morgan fingerprint density at radius 1 is 1.41 bits per heavy atom. The molecule has 1 unspecified atom stereocenters. The summed E-state index contributed by atoms with van der Waals surface area (Å²) in [6.07, 6.45) is 3.64. The normalized spacial score (nSPS) is 12.3. The van der Waals surface area contributed by atoms with E-state index < -0.39 is 0 Å². The molecule has 0 radical (unpaired) electrons. The van der Waals surface area contributed by atoms with Gasteiger partial charge in [0.05, 0.1) is 17.6 Å². The van der Waals surface area contributed by atoms with Crippen LogP contribution < -0.4 is 5.32 Å². The predicted octanol–water partition coefficient (Wildman–Crippen LogP) is 1.93. The molecule has 4 heteroatoms. The van der Waals surface area contributed by atoms with Gasteiger partial charge in [-0.1, -0.05) is 24.3 Å². The maximum atomic E-state index is 4.40. The number of hydrogen-bond donors (Lipinski definition) is 1. The Bertz CT molecular complexity index is 475. The van der Waals surface area contributed by atoms with Gasteiger partial charge in [-0.3, -0.25) is 0 Å². The molecule has 2 aromatic rings. The first-order chi connectivity index (χ1) is 8.29. The summed E-state index contributed by atoms with van der Waals surface area (Å²) in [7, 11) is 0. The average Bonchev–Trinajstić information content (AvgIpc) is 2.86. The molecule has 0 spiro atoms. The summed E-state index contributed by atoms with van der Waals surface area (Å²) in [6.45, 7) is 6.47. The molecular weight excluding hydrogens is 212 g/mol. The monoisotopic (exact) mass is 228 g/mol. The number of nitrogens with zero attached hydrogens (tertiary/aromatic N) is 3. The fourth-order valence-corrected chi connectivity index (χ4v) is 1.41. The van der Waals surface area contributed by atoms with Gasteiger partial charge in [0.2, 0.25) is 0 Å². The number of para-hydroxylation sites is 1. The van der Waals surface area contributed by atoms with Crippen molar-refractivity contribution in [3.8, 4) is 5.69 Å². The summed E-state index contributed by atoms with van der Waals surface area (Å²) < 4.78 is 0.